The molecule has 0 spiro atoms. The summed E-state index contributed by atoms with van der Waals surface area (Å²) in [6, 6.07) is 6.83. The molecule has 27 heavy (non-hydrogen) atoms. The molecule has 1 rings (SSSR count). The second-order valence-electron chi connectivity index (χ2n) is 6.80. The first-order valence-electron chi connectivity index (χ1n) is 9.51. The maximum absolute atomic E-state index is 12.5. The summed E-state index contributed by atoms with van der Waals surface area (Å²) in [6.07, 6.45) is 5.36. The van der Waals surface area contributed by atoms with E-state index in [-0.39, 0.29) is 18.5 Å². The number of hydrogen-bond donors (Lipinski definition) is 2. The van der Waals surface area contributed by atoms with Gasteiger partial charge in [-0.25, -0.2) is 4.79 Å². The molecule has 0 saturated carbocycles. The summed E-state index contributed by atoms with van der Waals surface area (Å²) in [5.74, 6) is 2.59. The normalized spacial score (nSPS) is 10.6. The Balaban J connectivity index is 2.55. The molecule has 148 valence electrons. The molecule has 0 aromatic heterocycles. The third kappa shape index (κ3) is 8.61. The van der Waals surface area contributed by atoms with E-state index < -0.39 is 0 Å². The van der Waals surface area contributed by atoms with E-state index in [1.807, 2.05) is 0 Å². The minimum absolute atomic E-state index is 0.0843. The Morgan fingerprint density at radius 3 is 2.48 bits per heavy atom. The van der Waals surface area contributed by atoms with Crippen molar-refractivity contribution in [2.24, 2.45) is 5.92 Å². The Labute approximate surface area is 163 Å². The molecule has 0 atom stereocenters. The summed E-state index contributed by atoms with van der Waals surface area (Å²) in [5.41, 5.74) is 1.31. The van der Waals surface area contributed by atoms with Crippen LogP contribution in [0.5, 0.6) is 0 Å². The average Bonchev–Trinajstić information content (AvgIpc) is 2.65. The highest BCUT2D eigenvalue weighted by Gasteiger charge is 2.16. The van der Waals surface area contributed by atoms with Gasteiger partial charge in [0, 0.05) is 30.9 Å². The van der Waals surface area contributed by atoms with Crippen molar-refractivity contribution in [1.82, 2.24) is 15.1 Å². The number of carbonyl (C=O) groups is 2. The van der Waals surface area contributed by atoms with Crippen LogP contribution in [-0.2, 0) is 4.79 Å². The molecule has 0 aliphatic heterocycles. The molecule has 0 aliphatic carbocycles. The van der Waals surface area contributed by atoms with Gasteiger partial charge < -0.3 is 20.4 Å². The zero-order valence-electron chi connectivity index (χ0n) is 16.9. The highest BCUT2D eigenvalue weighted by Crippen LogP contribution is 2.09. The van der Waals surface area contributed by atoms with Gasteiger partial charge >= 0.3 is 6.03 Å². The van der Waals surface area contributed by atoms with Gasteiger partial charge in [0.1, 0.15) is 0 Å². The van der Waals surface area contributed by atoms with Crippen LogP contribution in [0.4, 0.5) is 10.5 Å². The molecule has 6 nitrogen and oxygen atoms in total. The lowest BCUT2D eigenvalue weighted by molar-refractivity contribution is -0.115. The molecule has 0 unspecified atom stereocenters. The van der Waals surface area contributed by atoms with Crippen LogP contribution in [0, 0.1) is 18.3 Å². The van der Waals surface area contributed by atoms with E-state index in [1.165, 1.54) is 0 Å². The molecule has 0 fully saturated rings. The fourth-order valence-corrected chi connectivity index (χ4v) is 2.68. The van der Waals surface area contributed by atoms with Gasteiger partial charge in [-0.3, -0.25) is 4.79 Å². The van der Waals surface area contributed by atoms with E-state index in [0.717, 1.165) is 19.6 Å². The summed E-state index contributed by atoms with van der Waals surface area (Å²) < 4.78 is 0. The van der Waals surface area contributed by atoms with Gasteiger partial charge in [-0.1, -0.05) is 39.7 Å². The van der Waals surface area contributed by atoms with Gasteiger partial charge in [0.05, 0.1) is 6.54 Å². The standard InChI is InChI=1S/C21H32N4O2/c1-6-18-10-9-11-19(14-18)23-20(26)15-22-21(27)25(16-17(4)5)13-12-24(7-2)8-3/h1,9-11,14,17H,7-8,12-13,15-16H2,2-5H3,(H,22,27)(H,23,26). The smallest absolute Gasteiger partial charge is 0.317 e. The largest absolute Gasteiger partial charge is 0.329 e. The van der Waals surface area contributed by atoms with Gasteiger partial charge in [-0.15, -0.1) is 6.42 Å². The molecule has 3 amide bonds. The van der Waals surface area contributed by atoms with Crippen molar-refractivity contribution in [2.75, 3.05) is 44.6 Å². The lowest BCUT2D eigenvalue weighted by Gasteiger charge is -2.28. The van der Waals surface area contributed by atoms with Crippen molar-refractivity contribution in [2.45, 2.75) is 27.7 Å². The minimum atomic E-state index is -0.286. The average molecular weight is 373 g/mol. The van der Waals surface area contributed by atoms with E-state index in [1.54, 1.807) is 29.2 Å². The highest BCUT2D eigenvalue weighted by molar-refractivity contribution is 5.94. The van der Waals surface area contributed by atoms with Gasteiger partial charge in [0.2, 0.25) is 5.91 Å². The van der Waals surface area contributed by atoms with Crippen LogP contribution < -0.4 is 10.6 Å². The molecular formula is C21H32N4O2. The molecule has 0 aliphatic rings. The Morgan fingerprint density at radius 2 is 1.89 bits per heavy atom. The summed E-state index contributed by atoms with van der Waals surface area (Å²) in [6.45, 7) is 12.3. The Hall–Kier alpha value is -2.52. The number of anilines is 1. The fourth-order valence-electron chi connectivity index (χ4n) is 2.68. The van der Waals surface area contributed by atoms with Crippen LogP contribution in [0.1, 0.15) is 33.3 Å². The first-order valence-corrected chi connectivity index (χ1v) is 9.51. The van der Waals surface area contributed by atoms with E-state index in [9.17, 15) is 9.59 Å². The van der Waals surface area contributed by atoms with Crippen LogP contribution >= 0.6 is 0 Å². The highest BCUT2D eigenvalue weighted by atomic mass is 16.2. The molecular weight excluding hydrogens is 340 g/mol. The van der Waals surface area contributed by atoms with Crippen molar-refractivity contribution in [3.63, 3.8) is 0 Å². The number of carbonyl (C=O) groups excluding carboxylic acids is 2. The number of urea groups is 1. The van der Waals surface area contributed by atoms with Crippen LogP contribution in [0.25, 0.3) is 0 Å². The Kier molecular flexibility index (Phi) is 9.99. The Bertz CT molecular complexity index is 648. The third-order valence-electron chi connectivity index (χ3n) is 4.17. The number of benzene rings is 1. The molecule has 0 saturated heterocycles. The molecule has 2 N–H and O–H groups in total. The zero-order valence-corrected chi connectivity index (χ0v) is 16.9. The first-order chi connectivity index (χ1) is 12.9. The third-order valence-corrected chi connectivity index (χ3v) is 4.17. The van der Waals surface area contributed by atoms with Crippen molar-refractivity contribution in [3.05, 3.63) is 29.8 Å². The summed E-state index contributed by atoms with van der Waals surface area (Å²) in [5, 5.41) is 5.46. The maximum Gasteiger partial charge on any atom is 0.317 e. The van der Waals surface area contributed by atoms with Gasteiger partial charge in [0.15, 0.2) is 0 Å². The van der Waals surface area contributed by atoms with E-state index in [4.69, 9.17) is 6.42 Å². The lowest BCUT2D eigenvalue weighted by atomic mass is 10.2. The molecule has 0 bridgehead atoms. The van der Waals surface area contributed by atoms with Gasteiger partial charge in [-0.2, -0.15) is 0 Å². The number of nitrogens with one attached hydrogen (secondary N) is 2. The predicted molar refractivity (Wildman–Crippen MR) is 111 cm³/mol. The van der Waals surface area contributed by atoms with Crippen LogP contribution in [0.3, 0.4) is 0 Å². The number of likely N-dealkylation sites (N-methyl/N-ethyl adjacent to an activating group) is 1. The number of amides is 3. The number of hydrogen-bond acceptors (Lipinski definition) is 3. The van der Waals surface area contributed by atoms with Crippen molar-refractivity contribution >= 4 is 17.6 Å². The van der Waals surface area contributed by atoms with Gasteiger partial charge in [-0.05, 0) is 37.2 Å². The lowest BCUT2D eigenvalue weighted by Crippen LogP contribution is -2.47. The number of nitrogens with zero attached hydrogens (tertiary/aromatic N) is 2. The molecule has 0 heterocycles. The van der Waals surface area contributed by atoms with Crippen molar-refractivity contribution in [1.29, 1.82) is 0 Å². The SMILES string of the molecule is C#Cc1cccc(NC(=O)CNC(=O)N(CCN(CC)CC)CC(C)C)c1. The van der Waals surface area contributed by atoms with Crippen LogP contribution in [-0.4, -0.2) is 61.0 Å². The molecule has 0 radical (unpaired) electrons. The number of rotatable bonds is 10. The quantitative estimate of drug-likeness (QED) is 0.621. The van der Waals surface area contributed by atoms with E-state index in [2.05, 4.69) is 49.1 Å². The summed E-state index contributed by atoms with van der Waals surface area (Å²) in [4.78, 5) is 28.7. The topological polar surface area (TPSA) is 64.7 Å². The number of terminal acetylenes is 1. The van der Waals surface area contributed by atoms with Crippen LogP contribution in [0.15, 0.2) is 24.3 Å². The van der Waals surface area contributed by atoms with Crippen LogP contribution in [0.2, 0.25) is 0 Å². The summed E-state index contributed by atoms with van der Waals surface area (Å²) in [7, 11) is 0. The maximum atomic E-state index is 12.5. The van der Waals surface area contributed by atoms with E-state index in [0.29, 0.717) is 30.3 Å². The second-order valence-corrected chi connectivity index (χ2v) is 6.80. The minimum Gasteiger partial charge on any atom is -0.329 e. The second kappa shape index (κ2) is 12.0. The fraction of sp³-hybridized carbons (Fsp3) is 0.524. The molecule has 1 aromatic rings. The predicted octanol–water partition coefficient (Wildman–Crippen LogP) is 2.62. The molecule has 1 aromatic carbocycles. The van der Waals surface area contributed by atoms with Crippen molar-refractivity contribution < 1.29 is 9.59 Å². The van der Waals surface area contributed by atoms with E-state index >= 15 is 0 Å². The molecule has 6 heteroatoms. The zero-order chi connectivity index (χ0) is 20.2. The summed E-state index contributed by atoms with van der Waals surface area (Å²) >= 11 is 0. The Morgan fingerprint density at radius 1 is 1.19 bits per heavy atom. The van der Waals surface area contributed by atoms with Crippen molar-refractivity contribution in [3.8, 4) is 12.3 Å². The van der Waals surface area contributed by atoms with Gasteiger partial charge in [0.25, 0.3) is 0 Å². The monoisotopic (exact) mass is 372 g/mol. The first kappa shape index (κ1) is 22.5.